The third-order valence-corrected chi connectivity index (χ3v) is 8.52. The molecule has 0 radical (unpaired) electrons. The lowest BCUT2D eigenvalue weighted by Crippen LogP contribution is -1.94. The van der Waals surface area contributed by atoms with Crippen LogP contribution in [0.4, 0.5) is 0 Å². The van der Waals surface area contributed by atoms with E-state index < -0.39 is 0 Å². The number of hydrogen-bond acceptors (Lipinski definition) is 1. The van der Waals surface area contributed by atoms with E-state index in [1.807, 2.05) is 11.8 Å². The highest BCUT2D eigenvalue weighted by Gasteiger charge is 2.21. The second-order valence-corrected chi connectivity index (χ2v) is 10.4. The van der Waals surface area contributed by atoms with Crippen molar-refractivity contribution in [1.29, 1.82) is 0 Å². The highest BCUT2D eigenvalue weighted by Crippen LogP contribution is 2.49. The number of rotatable bonds is 2. The zero-order valence-electron chi connectivity index (χ0n) is 19.5. The normalized spacial score (nSPS) is 12.3. The first-order valence-corrected chi connectivity index (χ1v) is 13.1. The molecular weight excluding hydrogens is 454 g/mol. The second kappa shape index (κ2) is 7.61. The molecule has 7 aromatic rings. The van der Waals surface area contributed by atoms with Gasteiger partial charge in [0.1, 0.15) is 0 Å². The van der Waals surface area contributed by atoms with Gasteiger partial charge in [-0.25, -0.2) is 0 Å². The van der Waals surface area contributed by atoms with E-state index in [0.29, 0.717) is 0 Å². The molecule has 8 rings (SSSR count). The molecule has 1 aromatic heterocycles. The molecule has 0 bridgehead atoms. The van der Waals surface area contributed by atoms with Gasteiger partial charge in [-0.2, -0.15) is 0 Å². The summed E-state index contributed by atoms with van der Waals surface area (Å²) in [6, 6.07) is 46.5. The maximum atomic E-state index is 2.40. The van der Waals surface area contributed by atoms with Crippen molar-refractivity contribution >= 4 is 44.3 Å². The summed E-state index contributed by atoms with van der Waals surface area (Å²) in [6.07, 6.45) is 0. The molecule has 0 saturated heterocycles. The Balaban J connectivity index is 1.42. The molecule has 0 atom stereocenters. The molecule has 1 nitrogen and oxygen atoms in total. The lowest BCUT2D eigenvalue weighted by atomic mass is 9.93. The van der Waals surface area contributed by atoms with Crippen LogP contribution in [0.3, 0.4) is 0 Å². The minimum absolute atomic E-state index is 1.19. The number of hydrogen-bond donors (Lipinski definition) is 0. The van der Waals surface area contributed by atoms with E-state index >= 15 is 0 Å². The maximum Gasteiger partial charge on any atom is 0.0547 e. The van der Waals surface area contributed by atoms with Gasteiger partial charge in [0.2, 0.25) is 0 Å². The van der Waals surface area contributed by atoms with Crippen molar-refractivity contribution in [1.82, 2.24) is 4.57 Å². The van der Waals surface area contributed by atoms with Gasteiger partial charge < -0.3 is 4.57 Å². The fourth-order valence-electron chi connectivity index (χ4n) is 5.85. The number of nitrogens with zero attached hydrogens (tertiary/aromatic N) is 1. The van der Waals surface area contributed by atoms with Gasteiger partial charge in [0.25, 0.3) is 0 Å². The fraction of sp³-hybridized carbons (Fsp3) is 0. The van der Waals surface area contributed by atoms with Crippen molar-refractivity contribution in [2.45, 2.75) is 9.79 Å². The largest absolute Gasteiger partial charge is 0.309 e. The minimum Gasteiger partial charge on any atom is -0.309 e. The van der Waals surface area contributed by atoms with Crippen LogP contribution >= 0.6 is 11.8 Å². The lowest BCUT2D eigenvalue weighted by molar-refractivity contribution is 1.18. The molecule has 0 aliphatic carbocycles. The van der Waals surface area contributed by atoms with Crippen LogP contribution in [0, 0.1) is 0 Å². The summed E-state index contributed by atoms with van der Waals surface area (Å²) in [5.41, 5.74) is 8.84. The average molecular weight is 476 g/mol. The van der Waals surface area contributed by atoms with Crippen LogP contribution < -0.4 is 0 Å². The summed E-state index contributed by atoms with van der Waals surface area (Å²) >= 11 is 1.88. The van der Waals surface area contributed by atoms with Gasteiger partial charge in [-0.3, -0.25) is 0 Å². The first-order chi connectivity index (χ1) is 17.9. The summed E-state index contributed by atoms with van der Waals surface area (Å²) in [4.78, 5) is 2.67. The molecule has 1 aliphatic rings. The van der Waals surface area contributed by atoms with Gasteiger partial charge >= 0.3 is 0 Å². The Kier molecular flexibility index (Phi) is 4.22. The van der Waals surface area contributed by atoms with Gasteiger partial charge in [0, 0.05) is 31.6 Å². The molecule has 0 saturated carbocycles. The number of para-hydroxylation sites is 2. The Morgan fingerprint density at radius 2 is 1.22 bits per heavy atom. The van der Waals surface area contributed by atoms with Gasteiger partial charge in [-0.05, 0) is 70.1 Å². The molecule has 1 aliphatic heterocycles. The summed E-state index contributed by atoms with van der Waals surface area (Å²) < 4.78 is 2.39. The van der Waals surface area contributed by atoms with Gasteiger partial charge in [0.05, 0.1) is 11.0 Å². The predicted octanol–water partition coefficient (Wildman–Crippen LogP) is 9.74. The minimum atomic E-state index is 1.19. The fourth-order valence-corrected chi connectivity index (χ4v) is 6.97. The second-order valence-electron chi connectivity index (χ2n) is 9.36. The van der Waals surface area contributed by atoms with Crippen molar-refractivity contribution in [2.75, 3.05) is 0 Å². The summed E-state index contributed by atoms with van der Waals surface area (Å²) in [7, 11) is 0. The smallest absolute Gasteiger partial charge is 0.0547 e. The van der Waals surface area contributed by atoms with E-state index in [9.17, 15) is 0 Å². The Labute approximate surface area is 213 Å². The maximum absolute atomic E-state index is 2.40. The highest BCUT2D eigenvalue weighted by atomic mass is 32.2. The average Bonchev–Trinajstić information content (AvgIpc) is 3.28. The van der Waals surface area contributed by atoms with Gasteiger partial charge in [-0.15, -0.1) is 0 Å². The van der Waals surface area contributed by atoms with Crippen molar-refractivity contribution in [3.05, 3.63) is 127 Å². The Morgan fingerprint density at radius 1 is 0.472 bits per heavy atom. The van der Waals surface area contributed by atoms with Crippen molar-refractivity contribution in [3.63, 3.8) is 0 Å². The highest BCUT2D eigenvalue weighted by molar-refractivity contribution is 7.99. The molecule has 0 N–H and O–H groups in total. The topological polar surface area (TPSA) is 4.93 Å². The van der Waals surface area contributed by atoms with E-state index in [1.54, 1.807) is 0 Å². The molecule has 2 heteroatoms. The molecule has 2 heterocycles. The van der Waals surface area contributed by atoms with Crippen LogP contribution in [-0.4, -0.2) is 4.57 Å². The first kappa shape index (κ1) is 20.0. The quantitative estimate of drug-likeness (QED) is 0.241. The SMILES string of the molecule is c1ccc(-n2c3ccccc3c3c(-c4ccc5c(c4)-c4cccc6cccc(c46)S5)cccc32)cc1. The van der Waals surface area contributed by atoms with E-state index in [2.05, 4.69) is 132 Å². The zero-order chi connectivity index (χ0) is 23.6. The van der Waals surface area contributed by atoms with Crippen LogP contribution in [0.1, 0.15) is 0 Å². The Hall–Kier alpha value is -4.27. The van der Waals surface area contributed by atoms with Crippen LogP contribution in [0.5, 0.6) is 0 Å². The molecule has 0 fully saturated rings. The van der Waals surface area contributed by atoms with Crippen molar-refractivity contribution in [2.24, 2.45) is 0 Å². The summed E-state index contributed by atoms with van der Waals surface area (Å²) in [5.74, 6) is 0. The number of aromatic nitrogens is 1. The van der Waals surface area contributed by atoms with Crippen LogP contribution in [0.15, 0.2) is 137 Å². The van der Waals surface area contributed by atoms with Crippen molar-refractivity contribution < 1.29 is 0 Å². The Bertz CT molecular complexity index is 1960. The molecule has 0 amide bonds. The number of fused-ring (bicyclic) bond motifs is 5. The van der Waals surface area contributed by atoms with Crippen molar-refractivity contribution in [3.8, 4) is 27.9 Å². The lowest BCUT2D eigenvalue weighted by Gasteiger charge is -2.21. The predicted molar refractivity (Wildman–Crippen MR) is 153 cm³/mol. The molecular formula is C34H21NS. The van der Waals surface area contributed by atoms with E-state index in [-0.39, 0.29) is 0 Å². The summed E-state index contributed by atoms with van der Waals surface area (Å²) in [5, 5.41) is 5.26. The number of benzene rings is 6. The molecule has 0 unspecified atom stereocenters. The third-order valence-electron chi connectivity index (χ3n) is 7.38. The van der Waals surface area contributed by atoms with E-state index in [1.165, 1.54) is 70.3 Å². The van der Waals surface area contributed by atoms with Gasteiger partial charge in [-0.1, -0.05) is 96.7 Å². The molecule has 0 spiro atoms. The summed E-state index contributed by atoms with van der Waals surface area (Å²) in [6.45, 7) is 0. The standard InChI is InChI=1S/C34H21NS/c1-2-11-24(12-3-1)35-29-16-5-4-13-27(29)34-25(14-8-17-30(34)35)23-19-20-31-28(21-23)26-15-6-9-22-10-7-18-32(36-31)33(22)26/h1-21H. The third kappa shape index (κ3) is 2.79. The van der Waals surface area contributed by atoms with Crippen LogP contribution in [-0.2, 0) is 0 Å². The van der Waals surface area contributed by atoms with Crippen LogP contribution in [0.25, 0.3) is 60.5 Å². The molecule has 168 valence electrons. The molecule has 6 aromatic carbocycles. The van der Waals surface area contributed by atoms with E-state index in [4.69, 9.17) is 0 Å². The van der Waals surface area contributed by atoms with Crippen LogP contribution in [0.2, 0.25) is 0 Å². The van der Waals surface area contributed by atoms with Gasteiger partial charge in [0.15, 0.2) is 0 Å². The monoisotopic (exact) mass is 475 g/mol. The Morgan fingerprint density at radius 3 is 2.14 bits per heavy atom. The van der Waals surface area contributed by atoms with E-state index in [0.717, 1.165) is 0 Å². The zero-order valence-corrected chi connectivity index (χ0v) is 20.3. The first-order valence-electron chi connectivity index (χ1n) is 12.3. The molecule has 36 heavy (non-hydrogen) atoms.